The highest BCUT2D eigenvalue weighted by Crippen LogP contribution is 2.61. The number of hydrogen-bond acceptors (Lipinski definition) is 27. The highest BCUT2D eigenvalue weighted by molar-refractivity contribution is 7.70. The van der Waals surface area contributed by atoms with Crippen molar-refractivity contribution >= 4 is 74.8 Å². The molecule has 2 fully saturated rings. The Balaban J connectivity index is 2.94. The lowest BCUT2D eigenvalue weighted by Gasteiger charge is -2.49. The van der Waals surface area contributed by atoms with E-state index >= 15 is 0 Å². The second-order valence-corrected chi connectivity index (χ2v) is 20.1. The molecule has 9 N–H and O–H groups in total. The SMILES string of the molecule is CC(=O)OCC(NC(=O)CC(P(=O)(O)O)P(=O)(O)O)[C@@H](OC(C)=O)[C@@H](O[C@@H]1OC(COC(C)=O)[C@H](O[C@@H]2OC(COC(C)=O)[C@H](OC(C)=O)[C@H](OC(C)=O)C2N)[C@H](OC(C)=O)C1N)C(COC(C)=O)OC(C)=O. The Labute approximate surface area is 415 Å². The molecular weight excluding hydrogens is 1040 g/mol. The summed E-state index contributed by atoms with van der Waals surface area (Å²) in [6.07, 6.45) is -22.1. The van der Waals surface area contributed by atoms with Crippen LogP contribution < -0.4 is 16.8 Å². The van der Waals surface area contributed by atoms with Crippen LogP contribution in [0.2, 0.25) is 0 Å². The van der Waals surface area contributed by atoms with Gasteiger partial charge in [0, 0.05) is 62.3 Å². The molecule has 14 atom stereocenters. The number of hydrogen-bond donors (Lipinski definition) is 7. The number of ether oxygens (including phenoxy) is 13. The molecular formula is C39H61N3O29P2. The number of nitrogens with two attached hydrogens (primary N) is 2. The van der Waals surface area contributed by atoms with E-state index in [1.807, 2.05) is 0 Å². The van der Waals surface area contributed by atoms with Crippen molar-refractivity contribution in [2.75, 3.05) is 26.4 Å². The molecule has 2 rings (SSSR count). The fourth-order valence-electron chi connectivity index (χ4n) is 7.09. The summed E-state index contributed by atoms with van der Waals surface area (Å²) in [5.74, 6) is -10.8. The maximum atomic E-state index is 13.5. The summed E-state index contributed by atoms with van der Waals surface area (Å²) >= 11 is 0. The highest BCUT2D eigenvalue weighted by atomic mass is 31.2. The zero-order valence-electron chi connectivity index (χ0n) is 40.7. The molecule has 2 heterocycles. The molecule has 6 unspecified atom stereocenters. The van der Waals surface area contributed by atoms with Crippen LogP contribution in [0.15, 0.2) is 0 Å². The first-order valence-electron chi connectivity index (χ1n) is 21.5. The van der Waals surface area contributed by atoms with Gasteiger partial charge in [0.2, 0.25) is 5.91 Å². The monoisotopic (exact) mass is 1100 g/mol. The summed E-state index contributed by atoms with van der Waals surface area (Å²) in [6, 6.07) is -5.54. The molecule has 0 bridgehead atoms. The molecule has 0 radical (unpaired) electrons. The largest absolute Gasteiger partial charge is 0.464 e. The van der Waals surface area contributed by atoms with Crippen LogP contribution in [0, 0.1) is 0 Å². The number of nitrogens with one attached hydrogen (secondary N) is 1. The van der Waals surface area contributed by atoms with E-state index < -0.39 is 199 Å². The number of carbonyl (C=O) groups is 10. The van der Waals surface area contributed by atoms with E-state index in [-0.39, 0.29) is 0 Å². The lowest BCUT2D eigenvalue weighted by molar-refractivity contribution is -0.340. The van der Waals surface area contributed by atoms with Crippen LogP contribution in [0.5, 0.6) is 0 Å². The van der Waals surface area contributed by atoms with Crippen molar-refractivity contribution in [2.24, 2.45) is 11.5 Å². The first-order valence-corrected chi connectivity index (χ1v) is 24.9. The Bertz CT molecular complexity index is 2080. The van der Waals surface area contributed by atoms with Gasteiger partial charge in [-0.25, -0.2) is 0 Å². The maximum Gasteiger partial charge on any atom is 0.341 e. The molecule has 2 aliphatic heterocycles. The quantitative estimate of drug-likeness (QED) is 0.0263. The van der Waals surface area contributed by atoms with Gasteiger partial charge in [-0.1, -0.05) is 0 Å². The van der Waals surface area contributed by atoms with E-state index in [9.17, 15) is 76.6 Å². The van der Waals surface area contributed by atoms with Crippen LogP contribution in [0.25, 0.3) is 0 Å². The normalized spacial score (nSPS) is 25.8. The van der Waals surface area contributed by atoms with Gasteiger partial charge in [-0.2, -0.15) is 0 Å². The molecule has 0 aromatic rings. The number of carbonyl (C=O) groups excluding carboxylic acids is 10. The molecule has 0 aromatic carbocycles. The zero-order valence-corrected chi connectivity index (χ0v) is 42.5. The van der Waals surface area contributed by atoms with E-state index in [1.165, 1.54) is 0 Å². The van der Waals surface area contributed by atoms with Crippen molar-refractivity contribution in [3.05, 3.63) is 0 Å². The Morgan fingerprint density at radius 2 is 0.932 bits per heavy atom. The topological polar surface area (TPSA) is 470 Å². The van der Waals surface area contributed by atoms with Crippen LogP contribution >= 0.6 is 15.2 Å². The second kappa shape index (κ2) is 28.4. The Morgan fingerprint density at radius 3 is 1.37 bits per heavy atom. The van der Waals surface area contributed by atoms with Gasteiger partial charge < -0.3 is 97.9 Å². The van der Waals surface area contributed by atoms with Crippen LogP contribution in [-0.2, 0) is 119 Å². The summed E-state index contributed by atoms with van der Waals surface area (Å²) in [6.45, 7) is 4.78. The van der Waals surface area contributed by atoms with Gasteiger partial charge in [0.15, 0.2) is 48.5 Å². The first kappa shape index (κ1) is 63.9. The Morgan fingerprint density at radius 1 is 0.521 bits per heavy atom. The molecule has 0 aromatic heterocycles. The van der Waals surface area contributed by atoms with Crippen molar-refractivity contribution in [2.45, 2.75) is 160 Å². The van der Waals surface area contributed by atoms with Gasteiger partial charge in [0.1, 0.15) is 56.9 Å². The predicted octanol–water partition coefficient (Wildman–Crippen LogP) is -3.67. The average molecular weight is 1100 g/mol. The molecule has 0 aliphatic carbocycles. The summed E-state index contributed by atoms with van der Waals surface area (Å²) < 4.78 is 96.7. The van der Waals surface area contributed by atoms with Gasteiger partial charge in [0.25, 0.3) is 0 Å². The van der Waals surface area contributed by atoms with Crippen molar-refractivity contribution in [3.63, 3.8) is 0 Å². The van der Waals surface area contributed by atoms with Crippen molar-refractivity contribution in [1.82, 2.24) is 5.32 Å². The van der Waals surface area contributed by atoms with Crippen LogP contribution in [-0.4, -0.2) is 197 Å². The predicted molar refractivity (Wildman–Crippen MR) is 232 cm³/mol. The summed E-state index contributed by atoms with van der Waals surface area (Å²) in [5, 5.41) is -0.836. The third-order valence-corrected chi connectivity index (χ3v) is 13.6. The van der Waals surface area contributed by atoms with Gasteiger partial charge >= 0.3 is 68.9 Å². The van der Waals surface area contributed by atoms with Crippen molar-refractivity contribution < 1.29 is 138 Å². The number of amides is 1. The lowest BCUT2D eigenvalue weighted by Crippen LogP contribution is -2.70. The fourth-order valence-corrected chi connectivity index (χ4v) is 9.47. The van der Waals surface area contributed by atoms with Gasteiger partial charge in [-0.15, -0.1) is 0 Å². The summed E-state index contributed by atoms with van der Waals surface area (Å²) in [5.41, 5.74) is 13.2. The van der Waals surface area contributed by atoms with E-state index in [0.717, 1.165) is 62.3 Å². The minimum absolute atomic E-state index is 0.660. The number of esters is 9. The average Bonchev–Trinajstić information content (AvgIpc) is 3.22. The van der Waals surface area contributed by atoms with Crippen LogP contribution in [0.4, 0.5) is 0 Å². The van der Waals surface area contributed by atoms with Gasteiger partial charge in [0.05, 0.1) is 18.5 Å². The molecule has 0 spiro atoms. The molecule has 2 saturated heterocycles. The smallest absolute Gasteiger partial charge is 0.341 e. The third kappa shape index (κ3) is 21.3. The summed E-state index contributed by atoms with van der Waals surface area (Å²) in [7, 11) is -11.5. The van der Waals surface area contributed by atoms with E-state index in [0.29, 0.717) is 0 Å². The van der Waals surface area contributed by atoms with Gasteiger partial charge in [-0.3, -0.25) is 57.1 Å². The molecule has 34 heteroatoms. The molecule has 416 valence electrons. The van der Waals surface area contributed by atoms with E-state index in [1.54, 1.807) is 0 Å². The molecule has 32 nitrogen and oxygen atoms in total. The molecule has 73 heavy (non-hydrogen) atoms. The first-order chi connectivity index (χ1) is 33.6. The maximum absolute atomic E-state index is 13.5. The van der Waals surface area contributed by atoms with E-state index in [2.05, 4.69) is 5.32 Å². The van der Waals surface area contributed by atoms with Crippen LogP contribution in [0.3, 0.4) is 0 Å². The van der Waals surface area contributed by atoms with E-state index in [4.69, 9.17) is 73.0 Å². The second-order valence-electron chi connectivity index (χ2n) is 16.1. The van der Waals surface area contributed by atoms with Crippen molar-refractivity contribution in [1.29, 1.82) is 0 Å². The Hall–Kier alpha value is -5.24. The molecule has 2 aliphatic rings. The summed E-state index contributed by atoms with van der Waals surface area (Å²) in [4.78, 5) is 164. The highest BCUT2D eigenvalue weighted by Gasteiger charge is 2.56. The minimum atomic E-state index is -5.76. The fraction of sp³-hybridized carbons (Fsp3) is 0.744. The third-order valence-electron chi connectivity index (χ3n) is 9.89. The Kier molecular flexibility index (Phi) is 24.9. The lowest BCUT2D eigenvalue weighted by atomic mass is 9.94. The van der Waals surface area contributed by atoms with Crippen molar-refractivity contribution in [3.8, 4) is 0 Å². The number of rotatable bonds is 25. The molecule has 1 amide bonds. The standard InChI is InChI=1S/C39H61N3O29P2/c1-15(43)59-11-24(42-28(52)10-29(72(53,54)55)73(56,57)58)32(64-20(6)48)33(25(63-19(5)47)12-60-16(2)44)70-38-31(41)37(67-23(9)51)35(27(69-38)14-62-18(4)46)71-39-30(40)36(66-22(8)50)34(65-21(7)49)26(68-39)13-61-17(3)45/h24-27,29-39H,10-14,40-41H2,1-9H3,(H,42,52)(H2,53,54,55)(H2,56,57,58)/t24?,25?,26?,27?,30?,31?,32-,33+,34+,35+,36-,37-,38+,39+/m1/s1. The van der Waals surface area contributed by atoms with Crippen LogP contribution in [0.1, 0.15) is 68.7 Å². The minimum Gasteiger partial charge on any atom is -0.464 e. The van der Waals surface area contributed by atoms with Gasteiger partial charge in [-0.05, 0) is 0 Å². The zero-order chi connectivity index (χ0) is 55.9. The molecule has 0 saturated carbocycles.